The van der Waals surface area contributed by atoms with Crippen molar-refractivity contribution in [3.63, 3.8) is 0 Å². The smallest absolute Gasteiger partial charge is 0.311 e. The number of ether oxygens (including phenoxy) is 1. The average Bonchev–Trinajstić information content (AvgIpc) is 2.72. The van der Waals surface area contributed by atoms with E-state index in [1.807, 2.05) is 36.4 Å². The third kappa shape index (κ3) is 4.99. The maximum Gasteiger partial charge on any atom is 0.311 e. The van der Waals surface area contributed by atoms with Gasteiger partial charge in [0.1, 0.15) is 11.8 Å². The van der Waals surface area contributed by atoms with Gasteiger partial charge in [0.25, 0.3) is 0 Å². The van der Waals surface area contributed by atoms with Gasteiger partial charge in [0.05, 0.1) is 5.92 Å². The van der Waals surface area contributed by atoms with Crippen LogP contribution >= 0.6 is 0 Å². The van der Waals surface area contributed by atoms with Gasteiger partial charge in [0.15, 0.2) is 6.61 Å². The Balaban J connectivity index is 1.83. The Morgan fingerprint density at radius 3 is 2.36 bits per heavy atom. The van der Waals surface area contributed by atoms with E-state index in [9.17, 15) is 9.90 Å². The number of carboxylic acids is 1. The molecule has 4 nitrogen and oxygen atoms in total. The topological polar surface area (TPSA) is 70.3 Å². The third-order valence-electron chi connectivity index (χ3n) is 4.57. The van der Waals surface area contributed by atoms with E-state index in [0.29, 0.717) is 17.7 Å². The van der Waals surface area contributed by atoms with Crippen LogP contribution in [0.15, 0.2) is 78.9 Å². The molecule has 3 aromatic rings. The minimum Gasteiger partial charge on any atom is -0.481 e. The van der Waals surface area contributed by atoms with E-state index < -0.39 is 11.9 Å². The molecule has 0 aliphatic rings. The number of carbonyl (C=O) groups is 1. The highest BCUT2D eigenvalue weighted by molar-refractivity contribution is 5.77. The van der Waals surface area contributed by atoms with E-state index in [1.165, 1.54) is 5.56 Å². The van der Waals surface area contributed by atoms with Crippen LogP contribution in [0.1, 0.15) is 28.2 Å². The highest BCUT2D eigenvalue weighted by Gasteiger charge is 2.24. The van der Waals surface area contributed by atoms with Crippen LogP contribution in [-0.4, -0.2) is 17.7 Å². The summed E-state index contributed by atoms with van der Waals surface area (Å²) in [5.41, 5.74) is 3.89. The monoisotopic (exact) mass is 371 g/mol. The fraction of sp³-hybridized carbons (Fsp3) is 0.167. The normalized spacial score (nSPS) is 11.4. The second-order valence-electron chi connectivity index (χ2n) is 6.56. The second kappa shape index (κ2) is 9.38. The molecule has 0 aliphatic carbocycles. The number of para-hydroxylation sites is 1. The number of aliphatic carboxylic acids is 1. The first-order valence-electron chi connectivity index (χ1n) is 9.10. The number of nitrogens with zero attached hydrogens (tertiary/aromatic N) is 1. The van der Waals surface area contributed by atoms with Crippen LogP contribution in [0.5, 0.6) is 5.75 Å². The van der Waals surface area contributed by atoms with Crippen molar-refractivity contribution in [3.8, 4) is 11.8 Å². The summed E-state index contributed by atoms with van der Waals surface area (Å²) in [5, 5.41) is 18.6. The first-order chi connectivity index (χ1) is 13.7. The lowest BCUT2D eigenvalue weighted by molar-refractivity contribution is -0.138. The van der Waals surface area contributed by atoms with Gasteiger partial charge in [-0.2, -0.15) is 5.26 Å². The zero-order valence-corrected chi connectivity index (χ0v) is 15.4. The van der Waals surface area contributed by atoms with Gasteiger partial charge in [-0.25, -0.2) is 0 Å². The quantitative estimate of drug-likeness (QED) is 0.629. The van der Waals surface area contributed by atoms with E-state index in [0.717, 1.165) is 17.5 Å². The van der Waals surface area contributed by atoms with E-state index in [4.69, 9.17) is 10.00 Å². The lowest BCUT2D eigenvalue weighted by atomic mass is 9.90. The van der Waals surface area contributed by atoms with Crippen LogP contribution in [0.25, 0.3) is 0 Å². The largest absolute Gasteiger partial charge is 0.481 e. The van der Waals surface area contributed by atoms with Crippen molar-refractivity contribution in [2.75, 3.05) is 6.61 Å². The van der Waals surface area contributed by atoms with Crippen LogP contribution in [-0.2, 0) is 17.6 Å². The predicted molar refractivity (Wildman–Crippen MR) is 107 cm³/mol. The van der Waals surface area contributed by atoms with Gasteiger partial charge >= 0.3 is 5.97 Å². The Kier molecular flexibility index (Phi) is 6.43. The van der Waals surface area contributed by atoms with Gasteiger partial charge in [-0.05, 0) is 35.6 Å². The highest BCUT2D eigenvalue weighted by atomic mass is 16.5. The van der Waals surface area contributed by atoms with Gasteiger partial charge in [-0.3, -0.25) is 4.79 Å². The number of carboxylic acid groups (broad SMARTS) is 1. The number of hydrogen-bond acceptors (Lipinski definition) is 3. The second-order valence-corrected chi connectivity index (χ2v) is 6.56. The molecule has 1 N–H and O–H groups in total. The molecule has 0 radical (unpaired) electrons. The lowest BCUT2D eigenvalue weighted by Gasteiger charge is -2.17. The van der Waals surface area contributed by atoms with E-state index in [1.54, 1.807) is 24.3 Å². The van der Waals surface area contributed by atoms with E-state index in [2.05, 4.69) is 24.3 Å². The molecule has 3 rings (SSSR count). The minimum atomic E-state index is -0.915. The van der Waals surface area contributed by atoms with Gasteiger partial charge in [-0.15, -0.1) is 0 Å². The summed E-state index contributed by atoms with van der Waals surface area (Å²) in [6, 6.07) is 27.1. The molecule has 0 fully saturated rings. The number of rotatable bonds is 8. The summed E-state index contributed by atoms with van der Waals surface area (Å²) < 4.78 is 5.43. The van der Waals surface area contributed by atoms with Crippen molar-refractivity contribution in [1.82, 2.24) is 0 Å². The Bertz CT molecular complexity index is 976. The summed E-state index contributed by atoms with van der Waals surface area (Å²) in [6.07, 6.45) is 1.15. The van der Waals surface area contributed by atoms with Crippen LogP contribution in [0, 0.1) is 11.3 Å². The zero-order valence-electron chi connectivity index (χ0n) is 15.4. The van der Waals surface area contributed by atoms with E-state index in [-0.39, 0.29) is 6.61 Å². The van der Waals surface area contributed by atoms with Crippen molar-refractivity contribution >= 4 is 5.97 Å². The van der Waals surface area contributed by atoms with Crippen LogP contribution in [0.4, 0.5) is 0 Å². The molecule has 1 unspecified atom stereocenters. The molecule has 3 aromatic carbocycles. The Hall–Kier alpha value is -3.58. The zero-order chi connectivity index (χ0) is 19.8. The van der Waals surface area contributed by atoms with Crippen molar-refractivity contribution in [3.05, 3.63) is 101 Å². The molecule has 0 bridgehead atoms. The number of hydrogen-bond donors (Lipinski definition) is 1. The molecule has 0 aromatic heterocycles. The Labute approximate surface area is 164 Å². The maximum absolute atomic E-state index is 12.0. The SMILES string of the molecule is N#CCOc1ccccc1C(Cc1cccc(Cc2ccccc2)c1)C(=O)O. The van der Waals surface area contributed by atoms with Crippen molar-refractivity contribution in [1.29, 1.82) is 5.26 Å². The molecule has 140 valence electrons. The first-order valence-corrected chi connectivity index (χ1v) is 9.10. The van der Waals surface area contributed by atoms with Crippen molar-refractivity contribution < 1.29 is 14.6 Å². The molecule has 0 heterocycles. The van der Waals surface area contributed by atoms with Gasteiger partial charge in [-0.1, -0.05) is 72.8 Å². The summed E-state index contributed by atoms with van der Waals surface area (Å²) in [5.74, 6) is -1.22. The first kappa shape index (κ1) is 19.2. The van der Waals surface area contributed by atoms with Crippen molar-refractivity contribution in [2.24, 2.45) is 0 Å². The van der Waals surface area contributed by atoms with Gasteiger partial charge in [0.2, 0.25) is 0 Å². The predicted octanol–water partition coefficient (Wildman–Crippen LogP) is 4.59. The number of benzene rings is 3. The lowest BCUT2D eigenvalue weighted by Crippen LogP contribution is -2.16. The van der Waals surface area contributed by atoms with Gasteiger partial charge < -0.3 is 9.84 Å². The molecule has 0 saturated heterocycles. The summed E-state index contributed by atoms with van der Waals surface area (Å²) in [6.45, 7) is -0.115. The molecule has 0 spiro atoms. The molecule has 0 amide bonds. The Morgan fingerprint density at radius 1 is 0.929 bits per heavy atom. The molecule has 0 aliphatic heterocycles. The highest BCUT2D eigenvalue weighted by Crippen LogP contribution is 2.30. The fourth-order valence-corrected chi connectivity index (χ4v) is 3.27. The molecular weight excluding hydrogens is 350 g/mol. The molecule has 1 atom stereocenters. The number of nitriles is 1. The maximum atomic E-state index is 12.0. The third-order valence-corrected chi connectivity index (χ3v) is 4.57. The van der Waals surface area contributed by atoms with Crippen molar-refractivity contribution in [2.45, 2.75) is 18.8 Å². The summed E-state index contributed by atoms with van der Waals surface area (Å²) in [4.78, 5) is 12.0. The molecule has 0 saturated carbocycles. The average molecular weight is 371 g/mol. The molecule has 4 heteroatoms. The summed E-state index contributed by atoms with van der Waals surface area (Å²) >= 11 is 0. The van der Waals surface area contributed by atoms with E-state index >= 15 is 0 Å². The van der Waals surface area contributed by atoms with Crippen LogP contribution in [0.3, 0.4) is 0 Å². The molecule has 28 heavy (non-hydrogen) atoms. The van der Waals surface area contributed by atoms with Crippen LogP contribution < -0.4 is 4.74 Å². The minimum absolute atomic E-state index is 0.115. The van der Waals surface area contributed by atoms with Gasteiger partial charge in [0, 0.05) is 5.56 Å². The van der Waals surface area contributed by atoms with Crippen LogP contribution in [0.2, 0.25) is 0 Å². The Morgan fingerprint density at radius 2 is 1.61 bits per heavy atom. The summed E-state index contributed by atoms with van der Waals surface area (Å²) in [7, 11) is 0. The fourth-order valence-electron chi connectivity index (χ4n) is 3.27. The molecular formula is C24H21NO3. The standard InChI is InChI=1S/C24H21NO3/c25-13-14-28-23-12-5-4-11-21(23)22(24(26)27)17-20-10-6-9-19(16-20)15-18-7-2-1-3-8-18/h1-12,16,22H,14-15,17H2,(H,26,27).